The molecule has 2 aliphatic rings. The van der Waals surface area contributed by atoms with Crippen molar-refractivity contribution in [1.82, 2.24) is 4.31 Å². The monoisotopic (exact) mass is 281 g/mol. The summed E-state index contributed by atoms with van der Waals surface area (Å²) in [5.41, 5.74) is 0. The van der Waals surface area contributed by atoms with Gasteiger partial charge in [-0.3, -0.25) is 0 Å². The minimum absolute atomic E-state index is 0.00161. The van der Waals surface area contributed by atoms with Crippen molar-refractivity contribution in [2.45, 2.75) is 43.4 Å². The molecule has 6 heteroatoms. The van der Waals surface area contributed by atoms with Gasteiger partial charge in [0.25, 0.3) is 0 Å². The molecule has 0 aromatic rings. The summed E-state index contributed by atoms with van der Waals surface area (Å²) in [6.07, 6.45) is 4.17. The Morgan fingerprint density at radius 3 is 2.53 bits per heavy atom. The van der Waals surface area contributed by atoms with E-state index < -0.39 is 10.0 Å². The summed E-state index contributed by atoms with van der Waals surface area (Å²) in [6, 6.07) is -0.00161. The lowest BCUT2D eigenvalue weighted by molar-refractivity contribution is 0.0964. The highest BCUT2D eigenvalue weighted by Crippen LogP contribution is 2.27. The van der Waals surface area contributed by atoms with Gasteiger partial charge in [0, 0.05) is 31.7 Å². The van der Waals surface area contributed by atoms with Crippen LogP contribution in [-0.4, -0.2) is 49.7 Å². The molecular weight excluding hydrogens is 262 g/mol. The van der Waals surface area contributed by atoms with E-state index in [4.69, 9.17) is 16.3 Å². The molecule has 0 bridgehead atoms. The Kier molecular flexibility index (Phi) is 4.69. The number of halogens is 1. The van der Waals surface area contributed by atoms with Gasteiger partial charge in [0.2, 0.25) is 10.0 Å². The van der Waals surface area contributed by atoms with Gasteiger partial charge in [0.1, 0.15) is 0 Å². The highest BCUT2D eigenvalue weighted by atomic mass is 35.5. The predicted molar refractivity (Wildman–Crippen MR) is 67.8 cm³/mol. The molecule has 4 nitrogen and oxygen atoms in total. The highest BCUT2D eigenvalue weighted by Gasteiger charge is 2.38. The summed E-state index contributed by atoms with van der Waals surface area (Å²) in [6.45, 7) is 1.75. The molecule has 0 radical (unpaired) electrons. The summed E-state index contributed by atoms with van der Waals surface area (Å²) < 4.78 is 31.9. The van der Waals surface area contributed by atoms with Crippen LogP contribution in [0.15, 0.2) is 0 Å². The van der Waals surface area contributed by atoms with Crippen LogP contribution in [0.3, 0.4) is 0 Å². The Morgan fingerprint density at radius 2 is 1.88 bits per heavy atom. The van der Waals surface area contributed by atoms with Crippen LogP contribution in [0.25, 0.3) is 0 Å². The Hall–Kier alpha value is 0.160. The fraction of sp³-hybridized carbons (Fsp3) is 1.00. The molecule has 2 rings (SSSR count). The van der Waals surface area contributed by atoms with Gasteiger partial charge in [-0.1, -0.05) is 6.42 Å². The van der Waals surface area contributed by atoms with E-state index in [1.165, 1.54) is 0 Å². The van der Waals surface area contributed by atoms with Gasteiger partial charge < -0.3 is 4.74 Å². The second-order valence-corrected chi connectivity index (χ2v) is 7.25. The van der Waals surface area contributed by atoms with Gasteiger partial charge in [-0.05, 0) is 25.7 Å². The van der Waals surface area contributed by atoms with Gasteiger partial charge in [-0.25, -0.2) is 8.42 Å². The van der Waals surface area contributed by atoms with Crippen molar-refractivity contribution in [3.63, 3.8) is 0 Å². The summed E-state index contributed by atoms with van der Waals surface area (Å²) >= 11 is 5.89. The van der Waals surface area contributed by atoms with Crippen molar-refractivity contribution in [2.24, 2.45) is 0 Å². The number of nitrogens with zero attached hydrogens (tertiary/aromatic N) is 1. The molecule has 100 valence electrons. The van der Waals surface area contributed by atoms with E-state index in [0.717, 1.165) is 19.3 Å². The van der Waals surface area contributed by atoms with Crippen molar-refractivity contribution in [2.75, 3.05) is 25.6 Å². The molecule has 1 unspecified atom stereocenters. The average Bonchev–Trinajstić information content (AvgIpc) is 2.39. The third-order valence-corrected chi connectivity index (χ3v) is 6.47. The zero-order valence-electron chi connectivity index (χ0n) is 9.98. The van der Waals surface area contributed by atoms with Gasteiger partial charge >= 0.3 is 0 Å². The first kappa shape index (κ1) is 13.6. The van der Waals surface area contributed by atoms with Gasteiger partial charge in [-0.2, -0.15) is 4.31 Å². The molecule has 0 saturated carbocycles. The van der Waals surface area contributed by atoms with Crippen LogP contribution in [0.5, 0.6) is 0 Å². The third-order valence-electron chi connectivity index (χ3n) is 3.67. The Balaban J connectivity index is 2.11. The van der Waals surface area contributed by atoms with E-state index >= 15 is 0 Å². The third kappa shape index (κ3) is 2.95. The SMILES string of the molecule is O=S(=O)(C1CCOCC1)N1CCCCC1CCl. The summed E-state index contributed by atoms with van der Waals surface area (Å²) in [5.74, 6) is 0.405. The van der Waals surface area contributed by atoms with E-state index in [2.05, 4.69) is 0 Å². The van der Waals surface area contributed by atoms with E-state index in [1.54, 1.807) is 4.31 Å². The smallest absolute Gasteiger partial charge is 0.217 e. The Morgan fingerprint density at radius 1 is 1.18 bits per heavy atom. The van der Waals surface area contributed by atoms with Crippen molar-refractivity contribution >= 4 is 21.6 Å². The van der Waals surface area contributed by atoms with E-state index in [9.17, 15) is 8.42 Å². The first-order valence-electron chi connectivity index (χ1n) is 6.30. The standard InChI is InChI=1S/C11H20ClNO3S/c12-9-10-3-1-2-6-13(10)17(14,15)11-4-7-16-8-5-11/h10-11H,1-9H2. The molecule has 0 aliphatic carbocycles. The fourth-order valence-corrected chi connectivity index (χ4v) is 5.18. The quantitative estimate of drug-likeness (QED) is 0.738. The molecule has 2 saturated heterocycles. The highest BCUT2D eigenvalue weighted by molar-refractivity contribution is 7.89. The van der Waals surface area contributed by atoms with Crippen LogP contribution in [-0.2, 0) is 14.8 Å². The van der Waals surface area contributed by atoms with Crippen molar-refractivity contribution < 1.29 is 13.2 Å². The van der Waals surface area contributed by atoms with Crippen LogP contribution in [0, 0.1) is 0 Å². The lowest BCUT2D eigenvalue weighted by atomic mass is 10.1. The molecule has 0 aromatic heterocycles. The van der Waals surface area contributed by atoms with Crippen LogP contribution in [0.4, 0.5) is 0 Å². The first-order valence-corrected chi connectivity index (χ1v) is 8.34. The van der Waals surface area contributed by atoms with Crippen LogP contribution in [0.2, 0.25) is 0 Å². The van der Waals surface area contributed by atoms with E-state index in [-0.39, 0.29) is 11.3 Å². The molecule has 0 N–H and O–H groups in total. The second-order valence-electron chi connectivity index (χ2n) is 4.77. The maximum atomic E-state index is 12.5. The normalized spacial score (nSPS) is 29.4. The lowest BCUT2D eigenvalue weighted by Gasteiger charge is -2.37. The lowest BCUT2D eigenvalue weighted by Crippen LogP contribution is -2.49. The number of ether oxygens (including phenoxy) is 1. The summed E-state index contributed by atoms with van der Waals surface area (Å²) in [7, 11) is -3.18. The molecule has 2 heterocycles. The predicted octanol–water partition coefficient (Wildman–Crippen LogP) is 1.59. The maximum absolute atomic E-state index is 12.5. The number of alkyl halides is 1. The van der Waals surface area contributed by atoms with Crippen LogP contribution >= 0.6 is 11.6 Å². The topological polar surface area (TPSA) is 46.6 Å². The molecule has 2 fully saturated rings. The number of rotatable bonds is 3. The average molecular weight is 282 g/mol. The van der Waals surface area contributed by atoms with Crippen molar-refractivity contribution in [3.8, 4) is 0 Å². The number of hydrogen-bond donors (Lipinski definition) is 0. The zero-order chi connectivity index (χ0) is 12.3. The first-order chi connectivity index (χ1) is 8.16. The number of piperidine rings is 1. The Bertz CT molecular complexity index is 341. The Labute approximate surface area is 108 Å². The second kappa shape index (κ2) is 5.87. The fourth-order valence-electron chi connectivity index (χ4n) is 2.63. The van der Waals surface area contributed by atoms with Gasteiger partial charge in [-0.15, -0.1) is 11.6 Å². The zero-order valence-corrected chi connectivity index (χ0v) is 11.5. The molecule has 1 atom stereocenters. The summed E-state index contributed by atoms with van der Waals surface area (Å²) in [4.78, 5) is 0. The van der Waals surface area contributed by atoms with Crippen molar-refractivity contribution in [3.05, 3.63) is 0 Å². The van der Waals surface area contributed by atoms with E-state index in [0.29, 0.717) is 38.5 Å². The molecule has 0 amide bonds. The maximum Gasteiger partial charge on any atom is 0.217 e. The van der Waals surface area contributed by atoms with Crippen molar-refractivity contribution in [1.29, 1.82) is 0 Å². The summed E-state index contributed by atoms with van der Waals surface area (Å²) in [5, 5.41) is -0.264. The molecule has 0 aromatic carbocycles. The molecule has 17 heavy (non-hydrogen) atoms. The minimum atomic E-state index is -3.18. The molecular formula is C11H20ClNO3S. The minimum Gasteiger partial charge on any atom is -0.381 e. The van der Waals surface area contributed by atoms with Gasteiger partial charge in [0.15, 0.2) is 0 Å². The number of sulfonamides is 1. The number of hydrogen-bond acceptors (Lipinski definition) is 3. The van der Waals surface area contributed by atoms with E-state index in [1.807, 2.05) is 0 Å². The molecule has 0 spiro atoms. The largest absolute Gasteiger partial charge is 0.381 e. The van der Waals surface area contributed by atoms with Crippen LogP contribution in [0.1, 0.15) is 32.1 Å². The van der Waals surface area contributed by atoms with Gasteiger partial charge in [0.05, 0.1) is 5.25 Å². The molecule has 2 aliphatic heterocycles. The van der Waals surface area contributed by atoms with Crippen LogP contribution < -0.4 is 0 Å².